The fraction of sp³-hybridized carbons (Fsp3) is 0.929. The smallest absolute Gasteiger partial charge is 0.222 e. The van der Waals surface area contributed by atoms with E-state index in [2.05, 4.69) is 10.2 Å². The number of hydrogen-bond donors (Lipinski definition) is 1. The van der Waals surface area contributed by atoms with Gasteiger partial charge in [0.2, 0.25) is 5.91 Å². The minimum Gasteiger partial charge on any atom is -0.378 e. The number of likely N-dealkylation sites (tertiary alicyclic amines) is 1. The van der Waals surface area contributed by atoms with Gasteiger partial charge in [-0.1, -0.05) is 0 Å². The summed E-state index contributed by atoms with van der Waals surface area (Å²) >= 11 is 0. The summed E-state index contributed by atoms with van der Waals surface area (Å²) in [6.45, 7) is 3.79. The molecule has 2 rings (SSSR count). The maximum Gasteiger partial charge on any atom is 0.222 e. The molecule has 0 aromatic carbocycles. The van der Waals surface area contributed by atoms with Gasteiger partial charge in [0.05, 0.1) is 6.10 Å². The minimum atomic E-state index is 0. The molecular formula is C14H27ClN2O2. The van der Waals surface area contributed by atoms with Crippen LogP contribution < -0.4 is 5.32 Å². The molecule has 2 atom stereocenters. The Morgan fingerprint density at radius 2 is 2.21 bits per heavy atom. The molecule has 2 aliphatic heterocycles. The van der Waals surface area contributed by atoms with Gasteiger partial charge in [-0.2, -0.15) is 0 Å². The first-order chi connectivity index (χ1) is 8.79. The Labute approximate surface area is 122 Å². The van der Waals surface area contributed by atoms with E-state index >= 15 is 0 Å². The van der Waals surface area contributed by atoms with E-state index in [0.717, 1.165) is 51.9 Å². The lowest BCUT2D eigenvalue weighted by atomic mass is 9.97. The van der Waals surface area contributed by atoms with Gasteiger partial charge in [0.25, 0.3) is 0 Å². The average molecular weight is 291 g/mol. The molecule has 4 nitrogen and oxygen atoms in total. The number of nitrogens with zero attached hydrogens (tertiary/aromatic N) is 1. The molecule has 0 radical (unpaired) electrons. The number of amides is 1. The molecular weight excluding hydrogens is 264 g/mol. The molecule has 0 aromatic heterocycles. The first-order valence-electron chi connectivity index (χ1n) is 7.33. The lowest BCUT2D eigenvalue weighted by Crippen LogP contribution is -2.42. The fourth-order valence-corrected chi connectivity index (χ4v) is 3.06. The Kier molecular flexibility index (Phi) is 7.73. The molecule has 5 heteroatoms. The summed E-state index contributed by atoms with van der Waals surface area (Å²) in [6.07, 6.45) is 6.60. The van der Waals surface area contributed by atoms with E-state index in [-0.39, 0.29) is 12.4 Å². The van der Waals surface area contributed by atoms with E-state index in [1.807, 2.05) is 7.05 Å². The number of rotatable bonds is 5. The number of nitrogens with one attached hydrogen (secondary N) is 1. The SMILES string of the molecule is CNCC1CCCN(C(=O)CCC2CCCO2)C1.Cl. The van der Waals surface area contributed by atoms with E-state index in [1.165, 1.54) is 6.42 Å². The van der Waals surface area contributed by atoms with Crippen molar-refractivity contribution in [1.29, 1.82) is 0 Å². The third kappa shape index (κ3) is 5.28. The Balaban J connectivity index is 0.00000180. The van der Waals surface area contributed by atoms with Crippen LogP contribution in [0.1, 0.15) is 38.5 Å². The number of carbonyl (C=O) groups excluding carboxylic acids is 1. The lowest BCUT2D eigenvalue weighted by molar-refractivity contribution is -0.133. The molecule has 1 N–H and O–H groups in total. The van der Waals surface area contributed by atoms with Gasteiger partial charge in [0.1, 0.15) is 0 Å². The second kappa shape index (κ2) is 8.77. The van der Waals surface area contributed by atoms with E-state index in [1.54, 1.807) is 0 Å². The summed E-state index contributed by atoms with van der Waals surface area (Å²) in [7, 11) is 1.98. The second-order valence-electron chi connectivity index (χ2n) is 5.58. The van der Waals surface area contributed by atoms with E-state index in [4.69, 9.17) is 4.74 Å². The van der Waals surface area contributed by atoms with Crippen molar-refractivity contribution in [1.82, 2.24) is 10.2 Å². The molecule has 2 saturated heterocycles. The molecule has 0 aliphatic carbocycles. The summed E-state index contributed by atoms with van der Waals surface area (Å²) in [6, 6.07) is 0. The quantitative estimate of drug-likeness (QED) is 0.840. The highest BCUT2D eigenvalue weighted by atomic mass is 35.5. The van der Waals surface area contributed by atoms with Crippen molar-refractivity contribution < 1.29 is 9.53 Å². The Hall–Kier alpha value is -0.320. The van der Waals surface area contributed by atoms with Crippen LogP contribution in [0.3, 0.4) is 0 Å². The monoisotopic (exact) mass is 290 g/mol. The molecule has 0 saturated carbocycles. The molecule has 19 heavy (non-hydrogen) atoms. The molecule has 2 heterocycles. The van der Waals surface area contributed by atoms with Crippen molar-refractivity contribution >= 4 is 18.3 Å². The molecule has 0 aromatic rings. The predicted octanol–water partition coefficient (Wildman–Crippen LogP) is 1.83. The maximum atomic E-state index is 12.2. The van der Waals surface area contributed by atoms with Gasteiger partial charge in [0, 0.05) is 26.1 Å². The van der Waals surface area contributed by atoms with Crippen molar-refractivity contribution in [2.45, 2.75) is 44.6 Å². The summed E-state index contributed by atoms with van der Waals surface area (Å²) in [5.41, 5.74) is 0. The largest absolute Gasteiger partial charge is 0.378 e. The minimum absolute atomic E-state index is 0. The van der Waals surface area contributed by atoms with Crippen LogP contribution in [0, 0.1) is 5.92 Å². The summed E-state index contributed by atoms with van der Waals surface area (Å²) < 4.78 is 5.57. The van der Waals surface area contributed by atoms with Gasteiger partial charge in [-0.05, 0) is 51.6 Å². The van der Waals surface area contributed by atoms with Gasteiger partial charge in [0.15, 0.2) is 0 Å². The van der Waals surface area contributed by atoms with E-state index in [9.17, 15) is 4.79 Å². The molecule has 2 fully saturated rings. The van der Waals surface area contributed by atoms with E-state index < -0.39 is 0 Å². The van der Waals surface area contributed by atoms with Crippen LogP contribution >= 0.6 is 12.4 Å². The molecule has 2 unspecified atom stereocenters. The highest BCUT2D eigenvalue weighted by Crippen LogP contribution is 2.20. The normalized spacial score (nSPS) is 27.1. The van der Waals surface area contributed by atoms with Crippen LogP contribution in [-0.4, -0.2) is 50.2 Å². The van der Waals surface area contributed by atoms with Gasteiger partial charge >= 0.3 is 0 Å². The average Bonchev–Trinajstić information content (AvgIpc) is 2.90. The zero-order valence-electron chi connectivity index (χ0n) is 11.9. The predicted molar refractivity (Wildman–Crippen MR) is 78.7 cm³/mol. The van der Waals surface area contributed by atoms with Crippen molar-refractivity contribution in [2.75, 3.05) is 33.3 Å². The molecule has 0 spiro atoms. The highest BCUT2D eigenvalue weighted by molar-refractivity contribution is 5.85. The third-order valence-corrected chi connectivity index (χ3v) is 4.07. The Bertz CT molecular complexity index is 268. The van der Waals surface area contributed by atoms with Crippen molar-refractivity contribution in [3.63, 3.8) is 0 Å². The molecule has 0 bridgehead atoms. The van der Waals surface area contributed by atoms with Gasteiger partial charge in [-0.3, -0.25) is 4.79 Å². The lowest BCUT2D eigenvalue weighted by Gasteiger charge is -2.33. The first kappa shape index (κ1) is 16.7. The van der Waals surface area contributed by atoms with E-state index in [0.29, 0.717) is 24.3 Å². The summed E-state index contributed by atoms with van der Waals surface area (Å²) in [5, 5.41) is 3.22. The van der Waals surface area contributed by atoms with Crippen molar-refractivity contribution in [2.24, 2.45) is 5.92 Å². The van der Waals surface area contributed by atoms with Crippen LogP contribution in [0.5, 0.6) is 0 Å². The molecule has 112 valence electrons. The summed E-state index contributed by atoms with van der Waals surface area (Å²) in [5.74, 6) is 0.960. The van der Waals surface area contributed by atoms with Crippen LogP contribution in [0.2, 0.25) is 0 Å². The third-order valence-electron chi connectivity index (χ3n) is 4.07. The zero-order chi connectivity index (χ0) is 12.8. The number of halogens is 1. The number of ether oxygens (including phenoxy) is 1. The van der Waals surface area contributed by atoms with Crippen LogP contribution in [0.4, 0.5) is 0 Å². The number of piperidine rings is 1. The molecule has 2 aliphatic rings. The van der Waals surface area contributed by atoms with Crippen LogP contribution in [0.25, 0.3) is 0 Å². The van der Waals surface area contributed by atoms with Crippen molar-refractivity contribution in [3.05, 3.63) is 0 Å². The highest BCUT2D eigenvalue weighted by Gasteiger charge is 2.24. The second-order valence-corrected chi connectivity index (χ2v) is 5.58. The summed E-state index contributed by atoms with van der Waals surface area (Å²) in [4.78, 5) is 14.2. The maximum absolute atomic E-state index is 12.2. The van der Waals surface area contributed by atoms with Crippen LogP contribution in [-0.2, 0) is 9.53 Å². The first-order valence-corrected chi connectivity index (χ1v) is 7.33. The van der Waals surface area contributed by atoms with Crippen LogP contribution in [0.15, 0.2) is 0 Å². The molecule has 1 amide bonds. The zero-order valence-corrected chi connectivity index (χ0v) is 12.7. The van der Waals surface area contributed by atoms with Gasteiger partial charge in [-0.15, -0.1) is 12.4 Å². The number of hydrogen-bond acceptors (Lipinski definition) is 3. The Morgan fingerprint density at radius 1 is 1.37 bits per heavy atom. The number of carbonyl (C=O) groups is 1. The van der Waals surface area contributed by atoms with Gasteiger partial charge < -0.3 is 15.0 Å². The standard InChI is InChI=1S/C14H26N2O2.ClH/c1-15-10-12-4-2-8-16(11-12)14(17)7-6-13-5-3-9-18-13;/h12-13,15H,2-11H2,1H3;1H. The Morgan fingerprint density at radius 3 is 2.89 bits per heavy atom. The fourth-order valence-electron chi connectivity index (χ4n) is 3.06. The van der Waals surface area contributed by atoms with Gasteiger partial charge in [-0.25, -0.2) is 0 Å². The topological polar surface area (TPSA) is 41.6 Å². The van der Waals surface area contributed by atoms with Crippen molar-refractivity contribution in [3.8, 4) is 0 Å².